The Morgan fingerprint density at radius 3 is 2.60 bits per heavy atom. The number of ether oxygens (including phenoxy) is 4. The van der Waals surface area contributed by atoms with Crippen LogP contribution in [0.5, 0.6) is 23.0 Å². The molecule has 1 heterocycles. The second-order valence-electron chi connectivity index (χ2n) is 7.87. The molecule has 0 aliphatic carbocycles. The van der Waals surface area contributed by atoms with Gasteiger partial charge in [-0.3, -0.25) is 0 Å². The van der Waals surface area contributed by atoms with Crippen molar-refractivity contribution < 1.29 is 23.7 Å². The first kappa shape index (κ1) is 23.5. The average molecular weight is 469 g/mol. The Balaban J connectivity index is 1.55. The fourth-order valence-electron chi connectivity index (χ4n) is 3.72. The second kappa shape index (κ2) is 10.5. The van der Waals surface area contributed by atoms with Crippen LogP contribution in [0.3, 0.4) is 0 Å². The van der Waals surface area contributed by atoms with Crippen LogP contribution >= 0.6 is 0 Å². The van der Waals surface area contributed by atoms with Crippen molar-refractivity contribution in [3.63, 3.8) is 0 Å². The molecule has 1 aliphatic rings. The first-order chi connectivity index (χ1) is 17.0. The van der Waals surface area contributed by atoms with Gasteiger partial charge in [0.05, 0.1) is 5.92 Å². The molecule has 35 heavy (non-hydrogen) atoms. The van der Waals surface area contributed by atoms with Crippen LogP contribution in [0.1, 0.15) is 22.6 Å². The van der Waals surface area contributed by atoms with Gasteiger partial charge in [0.2, 0.25) is 5.88 Å². The number of nitrogens with zero attached hydrogens (tertiary/aromatic N) is 1. The quantitative estimate of drug-likeness (QED) is 0.289. The largest absolute Gasteiger partial charge is 0.490 e. The van der Waals surface area contributed by atoms with Crippen molar-refractivity contribution >= 4 is 5.97 Å². The summed E-state index contributed by atoms with van der Waals surface area (Å²) in [5.41, 5.74) is 8.99. The molecule has 7 nitrogen and oxygen atoms in total. The summed E-state index contributed by atoms with van der Waals surface area (Å²) in [7, 11) is 0. The number of nitrogens with two attached hydrogens (primary N) is 1. The number of aryl methyl sites for hydroxylation is 1. The molecule has 1 aliphatic heterocycles. The van der Waals surface area contributed by atoms with Gasteiger partial charge in [-0.25, -0.2) is 4.79 Å². The molecule has 0 radical (unpaired) electrons. The number of esters is 1. The van der Waals surface area contributed by atoms with Gasteiger partial charge in [-0.2, -0.15) is 5.26 Å². The van der Waals surface area contributed by atoms with Crippen molar-refractivity contribution in [2.45, 2.75) is 12.8 Å². The molecule has 0 bridgehead atoms. The Labute approximate surface area is 203 Å². The predicted octanol–water partition coefficient (Wildman–Crippen LogP) is 4.76. The van der Waals surface area contributed by atoms with E-state index in [-0.39, 0.29) is 23.8 Å². The Hall–Kier alpha value is -4.70. The highest BCUT2D eigenvalue weighted by Crippen LogP contribution is 2.44. The molecule has 7 heteroatoms. The Morgan fingerprint density at radius 2 is 1.86 bits per heavy atom. The molecule has 1 unspecified atom stereocenters. The topological polar surface area (TPSA) is 104 Å². The van der Waals surface area contributed by atoms with E-state index >= 15 is 0 Å². The average Bonchev–Trinajstić information content (AvgIpc) is 2.86. The lowest BCUT2D eigenvalue weighted by molar-refractivity contribution is -0.136. The minimum absolute atomic E-state index is 0.00593. The number of hydrogen-bond acceptors (Lipinski definition) is 7. The van der Waals surface area contributed by atoms with E-state index in [2.05, 4.69) is 12.6 Å². The standard InChI is InChI=1S/C28H24N2O5/c1-3-13-32-21-6-4-5-19(14-21)27-23-12-11-22(15-25(23)35-28(30)24(27)16-29)34-26(31)17-33-20-9-7-18(2)8-10-20/h3-12,14-15,27H,1,13,17,30H2,2H3. The van der Waals surface area contributed by atoms with Crippen molar-refractivity contribution in [2.24, 2.45) is 5.73 Å². The zero-order chi connectivity index (χ0) is 24.8. The van der Waals surface area contributed by atoms with Crippen LogP contribution in [0, 0.1) is 18.3 Å². The van der Waals surface area contributed by atoms with E-state index in [1.165, 1.54) is 0 Å². The van der Waals surface area contributed by atoms with Crippen molar-refractivity contribution in [1.29, 1.82) is 5.26 Å². The second-order valence-corrected chi connectivity index (χ2v) is 7.87. The van der Waals surface area contributed by atoms with E-state index in [1.54, 1.807) is 36.4 Å². The summed E-state index contributed by atoms with van der Waals surface area (Å²) in [6, 6.07) is 21.9. The first-order valence-electron chi connectivity index (χ1n) is 10.9. The molecule has 176 valence electrons. The fraction of sp³-hybridized carbons (Fsp3) is 0.143. The SMILES string of the molecule is C=CCOc1cccc(C2C(C#N)=C(N)Oc3cc(OC(=O)COc4ccc(C)cc4)ccc32)c1. The summed E-state index contributed by atoms with van der Waals surface area (Å²) >= 11 is 0. The molecule has 0 fully saturated rings. The Bertz CT molecular complexity index is 1320. The van der Waals surface area contributed by atoms with Crippen molar-refractivity contribution in [3.05, 3.63) is 108 Å². The highest BCUT2D eigenvalue weighted by Gasteiger charge is 2.31. The normalized spacial score (nSPS) is 14.2. The molecule has 0 amide bonds. The number of rotatable bonds is 8. The molecule has 0 saturated carbocycles. The van der Waals surface area contributed by atoms with E-state index in [9.17, 15) is 10.1 Å². The van der Waals surface area contributed by atoms with Crippen LogP contribution in [0.2, 0.25) is 0 Å². The summed E-state index contributed by atoms with van der Waals surface area (Å²) < 4.78 is 22.3. The van der Waals surface area contributed by atoms with Gasteiger partial charge >= 0.3 is 5.97 Å². The highest BCUT2D eigenvalue weighted by atomic mass is 16.6. The van der Waals surface area contributed by atoms with Crippen molar-refractivity contribution in [2.75, 3.05) is 13.2 Å². The van der Waals surface area contributed by atoms with Gasteiger partial charge in [0.25, 0.3) is 0 Å². The lowest BCUT2D eigenvalue weighted by Gasteiger charge is -2.27. The van der Waals surface area contributed by atoms with Crippen LogP contribution < -0.4 is 24.7 Å². The third-order valence-corrected chi connectivity index (χ3v) is 5.36. The van der Waals surface area contributed by atoms with Crippen molar-refractivity contribution in [1.82, 2.24) is 0 Å². The monoisotopic (exact) mass is 468 g/mol. The van der Waals surface area contributed by atoms with Crippen molar-refractivity contribution in [3.8, 4) is 29.1 Å². The minimum atomic E-state index is -0.564. The third kappa shape index (κ3) is 5.45. The van der Waals surface area contributed by atoms with E-state index in [4.69, 9.17) is 24.7 Å². The minimum Gasteiger partial charge on any atom is -0.490 e. The number of allylic oxidation sites excluding steroid dienone is 1. The molecule has 0 saturated heterocycles. The number of benzene rings is 3. The molecule has 0 aromatic heterocycles. The predicted molar refractivity (Wildman–Crippen MR) is 130 cm³/mol. The molecule has 2 N–H and O–H groups in total. The zero-order valence-corrected chi connectivity index (χ0v) is 19.2. The number of carbonyl (C=O) groups excluding carboxylic acids is 1. The maximum atomic E-state index is 12.3. The molecular weight excluding hydrogens is 444 g/mol. The zero-order valence-electron chi connectivity index (χ0n) is 19.2. The smallest absolute Gasteiger partial charge is 0.349 e. The molecular formula is C28H24N2O5. The summed E-state index contributed by atoms with van der Waals surface area (Å²) in [5, 5.41) is 9.78. The van der Waals surface area contributed by atoms with E-state index in [0.717, 1.165) is 11.1 Å². The van der Waals surface area contributed by atoms with Crippen LogP contribution in [-0.2, 0) is 4.79 Å². The molecule has 0 spiro atoms. The lowest BCUT2D eigenvalue weighted by Crippen LogP contribution is -2.21. The van der Waals surface area contributed by atoms with E-state index in [0.29, 0.717) is 29.4 Å². The van der Waals surface area contributed by atoms with Crippen LogP contribution in [0.25, 0.3) is 0 Å². The maximum Gasteiger partial charge on any atom is 0.349 e. The molecule has 4 rings (SSSR count). The number of hydrogen-bond donors (Lipinski definition) is 1. The summed E-state index contributed by atoms with van der Waals surface area (Å²) in [6.45, 7) is 5.74. The van der Waals surface area contributed by atoms with Crippen LogP contribution in [0.15, 0.2) is 90.8 Å². The molecule has 1 atom stereocenters. The van der Waals surface area contributed by atoms with Gasteiger partial charge in [0.1, 0.15) is 41.2 Å². The molecule has 3 aromatic rings. The fourth-order valence-corrected chi connectivity index (χ4v) is 3.72. The highest BCUT2D eigenvalue weighted by molar-refractivity contribution is 5.74. The third-order valence-electron chi connectivity index (χ3n) is 5.36. The summed E-state index contributed by atoms with van der Waals surface area (Å²) in [5.74, 6) is 0.853. The Kier molecular flexibility index (Phi) is 7.03. The number of carbonyl (C=O) groups is 1. The van der Waals surface area contributed by atoms with Crippen LogP contribution in [-0.4, -0.2) is 19.2 Å². The van der Waals surface area contributed by atoms with Crippen LogP contribution in [0.4, 0.5) is 0 Å². The lowest BCUT2D eigenvalue weighted by atomic mass is 9.83. The number of nitriles is 1. The first-order valence-corrected chi connectivity index (χ1v) is 10.9. The van der Waals surface area contributed by atoms with E-state index in [1.807, 2.05) is 43.3 Å². The van der Waals surface area contributed by atoms with E-state index < -0.39 is 11.9 Å². The van der Waals surface area contributed by atoms with Gasteiger partial charge in [0.15, 0.2) is 6.61 Å². The Morgan fingerprint density at radius 1 is 1.09 bits per heavy atom. The van der Waals surface area contributed by atoms with Gasteiger partial charge in [-0.1, -0.05) is 48.6 Å². The van der Waals surface area contributed by atoms with Gasteiger partial charge in [-0.15, -0.1) is 0 Å². The van der Waals surface area contributed by atoms with Gasteiger partial charge in [-0.05, 0) is 42.8 Å². The maximum absolute atomic E-state index is 12.3. The van der Waals surface area contributed by atoms with Gasteiger partial charge < -0.3 is 24.7 Å². The summed E-state index contributed by atoms with van der Waals surface area (Å²) in [4.78, 5) is 12.3. The molecule has 3 aromatic carbocycles. The number of fused-ring (bicyclic) bond motifs is 1. The summed E-state index contributed by atoms with van der Waals surface area (Å²) in [6.07, 6.45) is 1.66. The van der Waals surface area contributed by atoms with Gasteiger partial charge in [0, 0.05) is 11.6 Å².